The maximum Gasteiger partial charge on any atom is 0.307 e. The fourth-order valence-corrected chi connectivity index (χ4v) is 3.55. The minimum absolute atomic E-state index is 0.154. The Morgan fingerprint density at radius 2 is 1.95 bits per heavy atom. The van der Waals surface area contributed by atoms with Crippen LogP contribution >= 0.6 is 15.9 Å². The van der Waals surface area contributed by atoms with Crippen LogP contribution in [0.25, 0.3) is 11.5 Å². The molecular formula is C16H15BrFNO3. The Hall–Kier alpha value is -1.69. The van der Waals surface area contributed by atoms with Crippen molar-refractivity contribution in [2.45, 2.75) is 31.6 Å². The van der Waals surface area contributed by atoms with Crippen molar-refractivity contribution < 1.29 is 18.7 Å². The van der Waals surface area contributed by atoms with Crippen LogP contribution in [0.4, 0.5) is 4.39 Å². The van der Waals surface area contributed by atoms with Crippen LogP contribution in [-0.4, -0.2) is 16.1 Å². The smallest absolute Gasteiger partial charge is 0.307 e. The number of aliphatic carboxylic acids is 1. The highest BCUT2D eigenvalue weighted by atomic mass is 79.9. The van der Waals surface area contributed by atoms with E-state index in [9.17, 15) is 14.3 Å². The van der Waals surface area contributed by atoms with Crippen LogP contribution in [0.2, 0.25) is 0 Å². The Bertz CT molecular complexity index is 683. The Labute approximate surface area is 135 Å². The van der Waals surface area contributed by atoms with Crippen molar-refractivity contribution in [3.05, 3.63) is 40.4 Å². The van der Waals surface area contributed by atoms with Crippen molar-refractivity contribution in [1.82, 2.24) is 4.98 Å². The first-order valence-electron chi connectivity index (χ1n) is 7.21. The van der Waals surface area contributed by atoms with E-state index in [1.165, 1.54) is 12.1 Å². The Morgan fingerprint density at radius 3 is 2.64 bits per heavy atom. The molecule has 0 spiro atoms. The molecule has 1 N–H and O–H groups in total. The molecule has 1 fully saturated rings. The van der Waals surface area contributed by atoms with Crippen molar-refractivity contribution >= 4 is 21.9 Å². The van der Waals surface area contributed by atoms with Gasteiger partial charge in [-0.05, 0) is 53.0 Å². The number of rotatable bonds is 3. The number of hydrogen-bond donors (Lipinski definition) is 1. The van der Waals surface area contributed by atoms with Gasteiger partial charge in [-0.25, -0.2) is 9.37 Å². The number of hydrogen-bond acceptors (Lipinski definition) is 3. The Kier molecular flexibility index (Phi) is 4.29. The lowest BCUT2D eigenvalue weighted by Crippen LogP contribution is -2.25. The number of halogens is 2. The molecule has 0 amide bonds. The van der Waals surface area contributed by atoms with Crippen molar-refractivity contribution in [3.63, 3.8) is 0 Å². The first-order chi connectivity index (χ1) is 10.6. The zero-order valence-electron chi connectivity index (χ0n) is 11.8. The summed E-state index contributed by atoms with van der Waals surface area (Å²) in [7, 11) is 0. The van der Waals surface area contributed by atoms with Crippen LogP contribution < -0.4 is 0 Å². The molecule has 22 heavy (non-hydrogen) atoms. The van der Waals surface area contributed by atoms with Gasteiger partial charge in [-0.2, -0.15) is 0 Å². The third kappa shape index (κ3) is 2.92. The van der Waals surface area contributed by atoms with Crippen LogP contribution in [0.1, 0.15) is 37.3 Å². The van der Waals surface area contributed by atoms with E-state index >= 15 is 0 Å². The van der Waals surface area contributed by atoms with Gasteiger partial charge in [0.2, 0.25) is 5.89 Å². The molecule has 1 heterocycles. The van der Waals surface area contributed by atoms with Gasteiger partial charge in [0.05, 0.1) is 11.6 Å². The van der Waals surface area contributed by atoms with E-state index < -0.39 is 11.9 Å². The van der Waals surface area contributed by atoms with Crippen LogP contribution in [0.5, 0.6) is 0 Å². The summed E-state index contributed by atoms with van der Waals surface area (Å²) < 4.78 is 19.1. The number of benzene rings is 1. The molecule has 4 nitrogen and oxygen atoms in total. The van der Waals surface area contributed by atoms with Crippen LogP contribution in [-0.2, 0) is 4.79 Å². The standard InChI is InChI=1S/C16H15BrFNO3/c17-14-13(11-3-1-2-4-12(11)16(20)21)19-15(22-14)9-5-7-10(18)8-6-9/h5-8,11-12H,1-4H2,(H,20,21). The van der Waals surface area contributed by atoms with Gasteiger partial charge in [0.1, 0.15) is 5.82 Å². The van der Waals surface area contributed by atoms with Gasteiger partial charge in [-0.1, -0.05) is 12.8 Å². The van der Waals surface area contributed by atoms with Gasteiger partial charge in [-0.15, -0.1) is 0 Å². The average molecular weight is 368 g/mol. The van der Waals surface area contributed by atoms with Gasteiger partial charge in [0.25, 0.3) is 0 Å². The lowest BCUT2D eigenvalue weighted by molar-refractivity contribution is -0.143. The van der Waals surface area contributed by atoms with Gasteiger partial charge in [0, 0.05) is 11.5 Å². The van der Waals surface area contributed by atoms with Gasteiger partial charge in [-0.3, -0.25) is 4.79 Å². The maximum absolute atomic E-state index is 13.0. The lowest BCUT2D eigenvalue weighted by Gasteiger charge is -2.26. The molecule has 1 aliphatic carbocycles. The monoisotopic (exact) mass is 367 g/mol. The van der Waals surface area contributed by atoms with Crippen molar-refractivity contribution in [3.8, 4) is 11.5 Å². The normalized spacial score (nSPS) is 21.7. The minimum atomic E-state index is -0.789. The minimum Gasteiger partial charge on any atom is -0.481 e. The van der Waals surface area contributed by atoms with E-state index in [0.29, 0.717) is 28.2 Å². The summed E-state index contributed by atoms with van der Waals surface area (Å²) in [6.45, 7) is 0. The highest BCUT2D eigenvalue weighted by Gasteiger charge is 2.35. The van der Waals surface area contributed by atoms with Gasteiger partial charge >= 0.3 is 5.97 Å². The number of carboxylic acid groups (broad SMARTS) is 1. The van der Waals surface area contributed by atoms with Crippen LogP contribution in [0.15, 0.2) is 33.4 Å². The SMILES string of the molecule is O=C(O)C1CCCCC1c1nc(-c2ccc(F)cc2)oc1Br. The highest BCUT2D eigenvalue weighted by Crippen LogP contribution is 2.41. The number of carboxylic acids is 1. The van der Waals surface area contributed by atoms with E-state index in [-0.39, 0.29) is 11.7 Å². The largest absolute Gasteiger partial charge is 0.481 e. The van der Waals surface area contributed by atoms with E-state index in [4.69, 9.17) is 4.42 Å². The fraction of sp³-hybridized carbons (Fsp3) is 0.375. The molecule has 1 aromatic carbocycles. The first-order valence-corrected chi connectivity index (χ1v) is 8.00. The molecular weight excluding hydrogens is 353 g/mol. The number of carbonyl (C=O) groups is 1. The maximum atomic E-state index is 13.0. The topological polar surface area (TPSA) is 63.3 Å². The summed E-state index contributed by atoms with van der Waals surface area (Å²) in [5.41, 5.74) is 1.31. The summed E-state index contributed by atoms with van der Waals surface area (Å²) in [4.78, 5) is 15.9. The van der Waals surface area contributed by atoms with E-state index in [0.717, 1.165) is 19.3 Å². The van der Waals surface area contributed by atoms with Crippen molar-refractivity contribution in [2.24, 2.45) is 5.92 Å². The third-order valence-corrected chi connectivity index (χ3v) is 4.70. The molecule has 2 aromatic rings. The van der Waals surface area contributed by atoms with E-state index in [1.54, 1.807) is 12.1 Å². The second-order valence-electron chi connectivity index (χ2n) is 5.52. The summed E-state index contributed by atoms with van der Waals surface area (Å²) in [6, 6.07) is 5.86. The molecule has 1 saturated carbocycles. The number of nitrogens with zero attached hydrogens (tertiary/aromatic N) is 1. The molecule has 0 saturated heterocycles. The van der Waals surface area contributed by atoms with E-state index in [2.05, 4.69) is 20.9 Å². The second kappa shape index (κ2) is 6.20. The zero-order chi connectivity index (χ0) is 15.7. The molecule has 2 atom stereocenters. The first kappa shape index (κ1) is 15.2. The van der Waals surface area contributed by atoms with Crippen LogP contribution in [0.3, 0.4) is 0 Å². The summed E-state index contributed by atoms with van der Waals surface area (Å²) in [5.74, 6) is -1.33. The van der Waals surface area contributed by atoms with Gasteiger partial charge < -0.3 is 9.52 Å². The Morgan fingerprint density at radius 1 is 1.27 bits per heavy atom. The quantitative estimate of drug-likeness (QED) is 0.860. The highest BCUT2D eigenvalue weighted by molar-refractivity contribution is 9.10. The predicted molar refractivity (Wildman–Crippen MR) is 81.9 cm³/mol. The Balaban J connectivity index is 1.94. The number of aromatic nitrogens is 1. The van der Waals surface area contributed by atoms with Crippen LogP contribution in [0, 0.1) is 11.7 Å². The molecule has 0 radical (unpaired) electrons. The van der Waals surface area contributed by atoms with E-state index in [1.807, 2.05) is 0 Å². The molecule has 1 aromatic heterocycles. The fourth-order valence-electron chi connectivity index (χ4n) is 3.01. The third-order valence-electron chi connectivity index (χ3n) is 4.14. The molecule has 3 rings (SSSR count). The van der Waals surface area contributed by atoms with Crippen molar-refractivity contribution in [1.29, 1.82) is 0 Å². The second-order valence-corrected chi connectivity index (χ2v) is 6.24. The average Bonchev–Trinajstić information content (AvgIpc) is 2.89. The molecule has 1 aliphatic rings. The van der Waals surface area contributed by atoms with Crippen molar-refractivity contribution in [2.75, 3.05) is 0 Å². The lowest BCUT2D eigenvalue weighted by atomic mass is 9.78. The predicted octanol–water partition coefficient (Wildman–Crippen LogP) is 4.60. The molecule has 116 valence electrons. The summed E-state index contributed by atoms with van der Waals surface area (Å²) in [6.07, 6.45) is 3.35. The van der Waals surface area contributed by atoms with Gasteiger partial charge in [0.15, 0.2) is 4.67 Å². The summed E-state index contributed by atoms with van der Waals surface area (Å²) in [5, 5.41) is 9.40. The number of oxazole rings is 1. The summed E-state index contributed by atoms with van der Waals surface area (Å²) >= 11 is 3.34. The molecule has 0 aliphatic heterocycles. The zero-order valence-corrected chi connectivity index (χ0v) is 13.3. The molecule has 2 unspecified atom stereocenters. The molecule has 0 bridgehead atoms. The molecule has 6 heteroatoms.